The number of aliphatic hydroxyl groups excluding tert-OH is 1. The van der Waals surface area contributed by atoms with E-state index >= 15 is 0 Å². The number of β-amino-alcohol motifs (C(OH)–C–C–N with tert-alkyl or cyclic N) is 1. The minimum Gasteiger partial charge on any atom is -0.491 e. The molecule has 0 spiro atoms. The summed E-state index contributed by atoms with van der Waals surface area (Å²) < 4.78 is 5.92. The van der Waals surface area contributed by atoms with Crippen molar-refractivity contribution in [2.75, 3.05) is 52.9 Å². The van der Waals surface area contributed by atoms with Crippen LogP contribution in [0.2, 0.25) is 0 Å². The molecule has 0 aromatic heterocycles. The molecule has 1 N–H and O–H groups in total. The van der Waals surface area contributed by atoms with Crippen LogP contribution in [0.25, 0.3) is 0 Å². The van der Waals surface area contributed by atoms with E-state index in [1.54, 1.807) is 0 Å². The quantitative estimate of drug-likeness (QED) is 0.779. The van der Waals surface area contributed by atoms with Crippen LogP contribution in [0.4, 0.5) is 0 Å². The first-order valence-corrected chi connectivity index (χ1v) is 10.8. The predicted molar refractivity (Wildman–Crippen MR) is 116 cm³/mol. The third-order valence-electron chi connectivity index (χ3n) is 6.02. The van der Waals surface area contributed by atoms with Gasteiger partial charge >= 0.3 is 0 Å². The number of benzene rings is 2. The third-order valence-corrected chi connectivity index (χ3v) is 6.02. The molecule has 1 atom stereocenters. The van der Waals surface area contributed by atoms with Crippen LogP contribution in [0.1, 0.15) is 16.7 Å². The van der Waals surface area contributed by atoms with Crippen molar-refractivity contribution in [1.29, 1.82) is 0 Å². The van der Waals surface area contributed by atoms with Gasteiger partial charge in [-0.3, -0.25) is 9.80 Å². The van der Waals surface area contributed by atoms with E-state index in [0.29, 0.717) is 13.2 Å². The molecule has 2 heterocycles. The zero-order chi connectivity index (χ0) is 20.1. The number of hydrogen-bond acceptors (Lipinski definition) is 5. The molecule has 156 valence electrons. The van der Waals surface area contributed by atoms with Gasteiger partial charge in [-0.2, -0.15) is 0 Å². The van der Waals surface area contributed by atoms with Crippen molar-refractivity contribution in [3.8, 4) is 5.75 Å². The van der Waals surface area contributed by atoms with E-state index in [1.165, 1.54) is 16.7 Å². The Morgan fingerprint density at radius 3 is 2.55 bits per heavy atom. The molecule has 29 heavy (non-hydrogen) atoms. The number of piperazine rings is 1. The monoisotopic (exact) mass is 395 g/mol. The Labute approximate surface area is 174 Å². The van der Waals surface area contributed by atoms with Crippen LogP contribution in [0.15, 0.2) is 48.5 Å². The normalized spacial score (nSPS) is 19.7. The molecule has 4 rings (SSSR count). The molecule has 1 fully saturated rings. The molecule has 1 unspecified atom stereocenters. The summed E-state index contributed by atoms with van der Waals surface area (Å²) in [6, 6.07) is 16.9. The second kappa shape index (κ2) is 9.72. The van der Waals surface area contributed by atoms with Crippen LogP contribution >= 0.6 is 0 Å². The van der Waals surface area contributed by atoms with Crippen LogP contribution in [-0.4, -0.2) is 78.8 Å². The standard InChI is InChI=1S/C24H33N3O2/c1-25-11-13-26(14-12-25)16-20-5-4-8-24(15-20)29-19-23(28)18-27-10-9-21-6-2-3-7-22(21)17-27/h2-8,15,23,28H,9-14,16-19H2,1H3. The molecule has 2 aromatic rings. The fourth-order valence-electron chi connectivity index (χ4n) is 4.25. The average Bonchev–Trinajstić information content (AvgIpc) is 2.74. The third kappa shape index (κ3) is 5.80. The van der Waals surface area contributed by atoms with Crippen LogP contribution in [-0.2, 0) is 19.5 Å². The Kier molecular flexibility index (Phi) is 6.82. The molecule has 0 aliphatic carbocycles. The average molecular weight is 396 g/mol. The van der Waals surface area contributed by atoms with Gasteiger partial charge in [0.2, 0.25) is 0 Å². The van der Waals surface area contributed by atoms with E-state index < -0.39 is 6.10 Å². The molecule has 5 heteroatoms. The molecule has 0 bridgehead atoms. The Morgan fingerprint density at radius 1 is 0.931 bits per heavy atom. The maximum atomic E-state index is 10.5. The summed E-state index contributed by atoms with van der Waals surface area (Å²) in [5.41, 5.74) is 4.09. The second-order valence-electron chi connectivity index (χ2n) is 8.45. The lowest BCUT2D eigenvalue weighted by Crippen LogP contribution is -2.43. The Balaban J connectivity index is 1.24. The van der Waals surface area contributed by atoms with Crippen LogP contribution < -0.4 is 4.74 Å². The van der Waals surface area contributed by atoms with Gasteiger partial charge in [-0.25, -0.2) is 0 Å². The summed E-state index contributed by atoms with van der Waals surface area (Å²) in [6.07, 6.45) is 0.569. The highest BCUT2D eigenvalue weighted by Gasteiger charge is 2.19. The van der Waals surface area contributed by atoms with Gasteiger partial charge in [0.05, 0.1) is 0 Å². The number of likely N-dealkylation sites (N-methyl/N-ethyl adjacent to an activating group) is 1. The molecule has 2 aromatic carbocycles. The number of ether oxygens (including phenoxy) is 1. The topological polar surface area (TPSA) is 39.2 Å². The van der Waals surface area contributed by atoms with Gasteiger partial charge in [-0.15, -0.1) is 0 Å². The molecule has 2 aliphatic heterocycles. The number of aliphatic hydroxyl groups is 1. The first-order chi connectivity index (χ1) is 14.2. The molecule has 2 aliphatic rings. The van der Waals surface area contributed by atoms with Gasteiger partial charge in [0.15, 0.2) is 0 Å². The maximum Gasteiger partial charge on any atom is 0.119 e. The van der Waals surface area contributed by atoms with Gasteiger partial charge in [0.25, 0.3) is 0 Å². The Hall–Kier alpha value is -1.92. The zero-order valence-corrected chi connectivity index (χ0v) is 17.5. The van der Waals surface area contributed by atoms with E-state index in [0.717, 1.165) is 58.0 Å². The van der Waals surface area contributed by atoms with E-state index in [-0.39, 0.29) is 0 Å². The van der Waals surface area contributed by atoms with Gasteiger partial charge in [-0.1, -0.05) is 36.4 Å². The SMILES string of the molecule is CN1CCN(Cc2cccc(OCC(O)CN3CCc4ccccc4C3)c2)CC1. The summed E-state index contributed by atoms with van der Waals surface area (Å²) in [5, 5.41) is 10.5. The maximum absolute atomic E-state index is 10.5. The van der Waals surface area contributed by atoms with Crippen molar-refractivity contribution in [3.05, 3.63) is 65.2 Å². The summed E-state index contributed by atoms with van der Waals surface area (Å²) in [5.74, 6) is 0.847. The van der Waals surface area contributed by atoms with Gasteiger partial charge in [0, 0.05) is 52.4 Å². The summed E-state index contributed by atoms with van der Waals surface area (Å²) in [7, 11) is 2.18. The van der Waals surface area contributed by atoms with Gasteiger partial charge < -0.3 is 14.7 Å². The summed E-state index contributed by atoms with van der Waals surface area (Å²) in [4.78, 5) is 7.18. The largest absolute Gasteiger partial charge is 0.491 e. The van der Waals surface area contributed by atoms with Gasteiger partial charge in [-0.05, 0) is 42.3 Å². The van der Waals surface area contributed by atoms with E-state index in [2.05, 4.69) is 64.2 Å². The smallest absolute Gasteiger partial charge is 0.119 e. The zero-order valence-electron chi connectivity index (χ0n) is 17.5. The van der Waals surface area contributed by atoms with Crippen molar-refractivity contribution in [3.63, 3.8) is 0 Å². The minimum atomic E-state index is -0.485. The fraction of sp³-hybridized carbons (Fsp3) is 0.500. The van der Waals surface area contributed by atoms with E-state index in [9.17, 15) is 5.11 Å². The Morgan fingerprint density at radius 2 is 1.72 bits per heavy atom. The molecule has 0 amide bonds. The molecular weight excluding hydrogens is 362 g/mol. The number of nitrogens with zero attached hydrogens (tertiary/aromatic N) is 3. The highest BCUT2D eigenvalue weighted by atomic mass is 16.5. The molecule has 5 nitrogen and oxygen atoms in total. The summed E-state index contributed by atoms with van der Waals surface area (Å²) in [6.45, 7) is 8.32. The summed E-state index contributed by atoms with van der Waals surface area (Å²) >= 11 is 0. The lowest BCUT2D eigenvalue weighted by molar-refractivity contribution is 0.0637. The molecule has 0 radical (unpaired) electrons. The Bertz CT molecular complexity index is 789. The van der Waals surface area contributed by atoms with Crippen molar-refractivity contribution in [2.24, 2.45) is 0 Å². The number of rotatable bonds is 7. The van der Waals surface area contributed by atoms with Crippen molar-refractivity contribution in [2.45, 2.75) is 25.6 Å². The lowest BCUT2D eigenvalue weighted by atomic mass is 10.00. The first-order valence-electron chi connectivity index (χ1n) is 10.8. The van der Waals surface area contributed by atoms with Crippen LogP contribution in [0.3, 0.4) is 0 Å². The van der Waals surface area contributed by atoms with Gasteiger partial charge in [0.1, 0.15) is 18.5 Å². The van der Waals surface area contributed by atoms with E-state index in [1.807, 2.05) is 6.07 Å². The van der Waals surface area contributed by atoms with Crippen molar-refractivity contribution < 1.29 is 9.84 Å². The minimum absolute atomic E-state index is 0.329. The van der Waals surface area contributed by atoms with E-state index in [4.69, 9.17) is 4.74 Å². The highest BCUT2D eigenvalue weighted by Crippen LogP contribution is 2.19. The highest BCUT2D eigenvalue weighted by molar-refractivity contribution is 5.29. The molecular formula is C24H33N3O2. The fourth-order valence-corrected chi connectivity index (χ4v) is 4.25. The first kappa shape index (κ1) is 20.4. The predicted octanol–water partition coefficient (Wildman–Crippen LogP) is 2.23. The molecule has 1 saturated heterocycles. The van der Waals surface area contributed by atoms with Crippen LogP contribution in [0, 0.1) is 0 Å². The number of hydrogen-bond donors (Lipinski definition) is 1. The number of fused-ring (bicyclic) bond motifs is 1. The van der Waals surface area contributed by atoms with Crippen molar-refractivity contribution >= 4 is 0 Å². The lowest BCUT2D eigenvalue weighted by Gasteiger charge is -2.32. The molecule has 0 saturated carbocycles. The van der Waals surface area contributed by atoms with Crippen molar-refractivity contribution in [1.82, 2.24) is 14.7 Å². The van der Waals surface area contributed by atoms with Crippen LogP contribution in [0.5, 0.6) is 5.75 Å². The second-order valence-corrected chi connectivity index (χ2v) is 8.45.